The molecule has 0 fully saturated rings. The second-order valence-corrected chi connectivity index (χ2v) is 17.5. The molecule has 14 aromatic rings. The molecule has 0 unspecified atom stereocenters. The highest BCUT2D eigenvalue weighted by molar-refractivity contribution is 6.17. The lowest BCUT2D eigenvalue weighted by Gasteiger charge is -2.13. The topological polar surface area (TPSA) is 61.7 Å². The highest BCUT2D eigenvalue weighted by Crippen LogP contribution is 2.44. The highest BCUT2D eigenvalue weighted by atomic mass is 16.3. The Morgan fingerprint density at radius 1 is 0.275 bits per heavy atom. The lowest BCUT2D eigenvalue weighted by Crippen LogP contribution is -2.02. The van der Waals surface area contributed by atoms with Crippen LogP contribution in [-0.2, 0) is 0 Å². The predicted molar refractivity (Wildman–Crippen MR) is 283 cm³/mol. The Morgan fingerprint density at radius 2 is 0.754 bits per heavy atom. The van der Waals surface area contributed by atoms with Crippen molar-refractivity contribution in [3.63, 3.8) is 0 Å². The molecule has 322 valence electrons. The van der Waals surface area contributed by atoms with Crippen LogP contribution in [0, 0.1) is 0 Å². The van der Waals surface area contributed by atoms with Crippen LogP contribution in [0.4, 0.5) is 0 Å². The highest BCUT2D eigenvalue weighted by Gasteiger charge is 2.24. The molecule has 0 aliphatic carbocycles. The van der Waals surface area contributed by atoms with Gasteiger partial charge >= 0.3 is 0 Å². The maximum Gasteiger partial charge on any atom is 0.167 e. The van der Waals surface area contributed by atoms with E-state index in [2.05, 4.69) is 228 Å². The van der Waals surface area contributed by atoms with Crippen molar-refractivity contribution in [2.45, 2.75) is 0 Å². The second kappa shape index (κ2) is 15.6. The first-order valence-electron chi connectivity index (χ1n) is 23.3. The summed E-state index contributed by atoms with van der Waals surface area (Å²) in [6.45, 7) is 0. The second-order valence-electron chi connectivity index (χ2n) is 17.5. The molecular formula is C63H39N5O. The molecule has 0 aliphatic rings. The largest absolute Gasteiger partial charge is 0.455 e. The summed E-state index contributed by atoms with van der Waals surface area (Å²) in [7, 11) is 0. The van der Waals surface area contributed by atoms with Gasteiger partial charge in [-0.15, -0.1) is 0 Å². The van der Waals surface area contributed by atoms with Crippen molar-refractivity contribution in [2.24, 2.45) is 0 Å². The molecule has 0 radical (unpaired) electrons. The van der Waals surface area contributed by atoms with Crippen LogP contribution in [-0.4, -0.2) is 24.1 Å². The average molecular weight is 882 g/mol. The summed E-state index contributed by atoms with van der Waals surface area (Å²) in [4.78, 5) is 16.3. The Labute approximate surface area is 396 Å². The lowest BCUT2D eigenvalue weighted by atomic mass is 9.97. The Kier molecular flexibility index (Phi) is 8.79. The molecule has 4 aromatic heterocycles. The molecule has 69 heavy (non-hydrogen) atoms. The van der Waals surface area contributed by atoms with Crippen LogP contribution in [0.25, 0.3) is 133 Å². The number of para-hydroxylation sites is 5. The van der Waals surface area contributed by atoms with Gasteiger partial charge in [0.25, 0.3) is 0 Å². The van der Waals surface area contributed by atoms with Crippen LogP contribution in [0.1, 0.15) is 0 Å². The number of furan rings is 1. The lowest BCUT2D eigenvalue weighted by molar-refractivity contribution is 0.670. The third-order valence-corrected chi connectivity index (χ3v) is 13.6. The minimum atomic E-state index is 0.516. The molecule has 14 rings (SSSR count). The van der Waals surface area contributed by atoms with Crippen LogP contribution < -0.4 is 0 Å². The predicted octanol–water partition coefficient (Wildman–Crippen LogP) is 16.3. The standard InChI is InChI=1S/C63H39N5O/c1-4-19-40(20-5-1)42-23-16-24-43(37-42)46-30-17-31-49-52-38-45(68-54-33-13-10-27-47(54)48-28-11-14-34-55(48)68)39-53(60(52)69-59(46)49)63-65-61(41-21-6-2-7-22-41)64-62(66-63)51-32-18-36-57-58(51)50-29-12-15-35-56(50)67(57)44-25-8-3-9-26-44/h1-39H. The van der Waals surface area contributed by atoms with Crippen molar-refractivity contribution in [1.29, 1.82) is 0 Å². The van der Waals surface area contributed by atoms with E-state index in [0.717, 1.165) is 99.5 Å². The Morgan fingerprint density at radius 3 is 1.48 bits per heavy atom. The van der Waals surface area contributed by atoms with Crippen molar-refractivity contribution >= 4 is 65.6 Å². The summed E-state index contributed by atoms with van der Waals surface area (Å²) in [6, 6.07) is 83.2. The van der Waals surface area contributed by atoms with Gasteiger partial charge in [-0.3, -0.25) is 0 Å². The number of aromatic nitrogens is 5. The molecule has 0 amide bonds. The smallest absolute Gasteiger partial charge is 0.167 e. The van der Waals surface area contributed by atoms with E-state index in [0.29, 0.717) is 23.1 Å². The first-order chi connectivity index (χ1) is 34.2. The molecule has 10 aromatic carbocycles. The van der Waals surface area contributed by atoms with Gasteiger partial charge in [-0.1, -0.05) is 182 Å². The first kappa shape index (κ1) is 38.8. The van der Waals surface area contributed by atoms with Gasteiger partial charge in [-0.05, 0) is 71.3 Å². The number of nitrogens with zero attached hydrogens (tertiary/aromatic N) is 5. The van der Waals surface area contributed by atoms with Gasteiger partial charge in [0.2, 0.25) is 0 Å². The zero-order valence-corrected chi connectivity index (χ0v) is 37.2. The zero-order chi connectivity index (χ0) is 45.4. The molecule has 0 aliphatic heterocycles. The number of hydrogen-bond acceptors (Lipinski definition) is 4. The van der Waals surface area contributed by atoms with E-state index in [1.165, 1.54) is 10.8 Å². The molecule has 6 nitrogen and oxygen atoms in total. The fourth-order valence-electron chi connectivity index (χ4n) is 10.5. The van der Waals surface area contributed by atoms with Crippen molar-refractivity contribution in [3.8, 4) is 67.8 Å². The molecule has 0 atom stereocenters. The summed E-state index contributed by atoms with van der Waals surface area (Å²) in [5.41, 5.74) is 14.9. The molecule has 4 heterocycles. The number of rotatable bonds is 7. The van der Waals surface area contributed by atoms with Crippen molar-refractivity contribution in [2.75, 3.05) is 0 Å². The Hall–Kier alpha value is -9.39. The number of hydrogen-bond donors (Lipinski definition) is 0. The summed E-state index contributed by atoms with van der Waals surface area (Å²) >= 11 is 0. The van der Waals surface area contributed by atoms with Gasteiger partial charge in [-0.2, -0.15) is 0 Å². The Balaban J connectivity index is 1.07. The van der Waals surface area contributed by atoms with Crippen LogP contribution in [0.15, 0.2) is 241 Å². The van der Waals surface area contributed by atoms with Gasteiger partial charge in [0, 0.05) is 60.4 Å². The fraction of sp³-hybridized carbons (Fsp3) is 0. The van der Waals surface area contributed by atoms with Gasteiger partial charge in [0.05, 0.1) is 27.6 Å². The molecule has 0 bridgehead atoms. The van der Waals surface area contributed by atoms with Gasteiger partial charge in [0.15, 0.2) is 17.5 Å². The number of fused-ring (bicyclic) bond motifs is 9. The summed E-state index contributed by atoms with van der Waals surface area (Å²) in [5, 5.41) is 6.53. The quantitative estimate of drug-likeness (QED) is 0.160. The monoisotopic (exact) mass is 881 g/mol. The van der Waals surface area contributed by atoms with Crippen LogP contribution >= 0.6 is 0 Å². The van der Waals surface area contributed by atoms with Crippen molar-refractivity contribution < 1.29 is 4.42 Å². The molecule has 0 saturated carbocycles. The van der Waals surface area contributed by atoms with Crippen molar-refractivity contribution in [3.05, 3.63) is 237 Å². The average Bonchev–Trinajstić information content (AvgIpc) is 4.09. The maximum absolute atomic E-state index is 7.27. The van der Waals surface area contributed by atoms with Gasteiger partial charge in [0.1, 0.15) is 11.2 Å². The summed E-state index contributed by atoms with van der Waals surface area (Å²) in [6.07, 6.45) is 0. The number of benzene rings is 10. The summed E-state index contributed by atoms with van der Waals surface area (Å²) < 4.78 is 12.0. The minimum absolute atomic E-state index is 0.516. The molecule has 0 N–H and O–H groups in total. The van der Waals surface area contributed by atoms with E-state index in [-0.39, 0.29) is 0 Å². The van der Waals surface area contributed by atoms with Crippen LogP contribution in [0.5, 0.6) is 0 Å². The van der Waals surface area contributed by atoms with Crippen LogP contribution in [0.2, 0.25) is 0 Å². The molecular weight excluding hydrogens is 843 g/mol. The first-order valence-corrected chi connectivity index (χ1v) is 23.3. The third-order valence-electron chi connectivity index (χ3n) is 13.6. The van der Waals surface area contributed by atoms with E-state index in [4.69, 9.17) is 19.4 Å². The fourth-order valence-corrected chi connectivity index (χ4v) is 10.5. The van der Waals surface area contributed by atoms with E-state index >= 15 is 0 Å². The normalized spacial score (nSPS) is 11.8. The molecule has 0 spiro atoms. The third kappa shape index (κ3) is 6.23. The van der Waals surface area contributed by atoms with E-state index in [1.54, 1.807) is 0 Å². The minimum Gasteiger partial charge on any atom is -0.455 e. The summed E-state index contributed by atoms with van der Waals surface area (Å²) in [5.74, 6) is 1.66. The SMILES string of the molecule is c1ccc(-c2cccc(-c3cccc4c3oc3c(-c5nc(-c6ccccc6)nc(-c6cccc7c6c6ccccc6n7-c6ccccc6)n5)cc(-n5c6ccccc6c6ccccc65)cc34)c2)cc1. The van der Waals surface area contributed by atoms with Gasteiger partial charge < -0.3 is 13.6 Å². The van der Waals surface area contributed by atoms with E-state index in [9.17, 15) is 0 Å². The maximum atomic E-state index is 7.27. The molecule has 0 saturated heterocycles. The van der Waals surface area contributed by atoms with E-state index in [1.807, 2.05) is 18.2 Å². The van der Waals surface area contributed by atoms with E-state index < -0.39 is 0 Å². The van der Waals surface area contributed by atoms with Crippen molar-refractivity contribution in [1.82, 2.24) is 24.1 Å². The van der Waals surface area contributed by atoms with Gasteiger partial charge in [-0.25, -0.2) is 15.0 Å². The zero-order valence-electron chi connectivity index (χ0n) is 37.2. The Bertz CT molecular complexity index is 4250. The van der Waals surface area contributed by atoms with Crippen LogP contribution in [0.3, 0.4) is 0 Å². The molecule has 6 heteroatoms.